The molecule has 0 bridgehead atoms. The molecule has 0 aromatic heterocycles. The minimum atomic E-state index is -1.00. The Kier molecular flexibility index (Phi) is 4.91. The van der Waals surface area contributed by atoms with Gasteiger partial charge in [-0.25, -0.2) is 9.59 Å². The number of aryl methyl sites for hydroxylation is 1. The number of aliphatic hydroxyl groups is 1. The van der Waals surface area contributed by atoms with Crippen LogP contribution in [0.2, 0.25) is 0 Å². The number of rotatable bonds is 6. The fraction of sp³-hybridized carbons (Fsp3) is 0.176. The molecule has 0 aliphatic carbocycles. The van der Waals surface area contributed by atoms with Crippen LogP contribution in [0.5, 0.6) is 0 Å². The number of carboxylic acid groups (broad SMARTS) is 2. The Balaban J connectivity index is 2.43. The highest BCUT2D eigenvalue weighted by Gasteiger charge is 2.11. The maximum atomic E-state index is 11.1. The second-order valence-electron chi connectivity index (χ2n) is 4.89. The third-order valence-electron chi connectivity index (χ3n) is 3.40. The summed E-state index contributed by atoms with van der Waals surface area (Å²) in [6.07, 6.45) is 1.08. The first kappa shape index (κ1) is 15.7. The molecule has 3 N–H and O–H groups in total. The highest BCUT2D eigenvalue weighted by atomic mass is 16.4. The normalized spacial score (nSPS) is 10.4. The van der Waals surface area contributed by atoms with Crippen LogP contribution in [0.3, 0.4) is 0 Å². The fourth-order valence-electron chi connectivity index (χ4n) is 2.28. The number of aromatic carboxylic acids is 2. The van der Waals surface area contributed by atoms with Crippen LogP contribution in [0.25, 0.3) is 11.1 Å². The lowest BCUT2D eigenvalue weighted by Gasteiger charge is -2.11. The van der Waals surface area contributed by atoms with Gasteiger partial charge >= 0.3 is 11.9 Å². The molecule has 0 atom stereocenters. The van der Waals surface area contributed by atoms with E-state index < -0.39 is 11.9 Å². The van der Waals surface area contributed by atoms with E-state index in [-0.39, 0.29) is 17.7 Å². The minimum absolute atomic E-state index is 0.0225. The van der Waals surface area contributed by atoms with E-state index in [4.69, 9.17) is 15.3 Å². The van der Waals surface area contributed by atoms with Crippen LogP contribution in [0.4, 0.5) is 0 Å². The summed E-state index contributed by atoms with van der Waals surface area (Å²) in [6.45, 7) is 0.0225. The van der Waals surface area contributed by atoms with Gasteiger partial charge in [0.25, 0.3) is 0 Å². The van der Waals surface area contributed by atoms with Crippen molar-refractivity contribution in [3.8, 4) is 11.1 Å². The van der Waals surface area contributed by atoms with Crippen LogP contribution < -0.4 is 0 Å². The Hall–Kier alpha value is -2.66. The molecule has 0 saturated carbocycles. The molecule has 114 valence electrons. The van der Waals surface area contributed by atoms with Gasteiger partial charge in [-0.15, -0.1) is 0 Å². The summed E-state index contributed by atoms with van der Waals surface area (Å²) in [5.41, 5.74) is 2.86. The lowest BCUT2D eigenvalue weighted by atomic mass is 9.94. The van der Waals surface area contributed by atoms with Crippen LogP contribution in [0.1, 0.15) is 32.7 Å². The number of hydrogen-bond acceptors (Lipinski definition) is 3. The molecule has 0 fully saturated rings. The third kappa shape index (κ3) is 3.51. The van der Waals surface area contributed by atoms with Gasteiger partial charge in [-0.2, -0.15) is 0 Å². The minimum Gasteiger partial charge on any atom is -0.478 e. The van der Waals surface area contributed by atoms with Crippen molar-refractivity contribution in [3.63, 3.8) is 0 Å². The van der Waals surface area contributed by atoms with E-state index in [1.54, 1.807) is 24.3 Å². The molecule has 0 unspecified atom stereocenters. The van der Waals surface area contributed by atoms with Gasteiger partial charge in [-0.1, -0.05) is 18.2 Å². The predicted octanol–water partition coefficient (Wildman–Crippen LogP) is 2.67. The maximum Gasteiger partial charge on any atom is 0.335 e. The molecular weight excluding hydrogens is 284 g/mol. The number of aliphatic hydroxyl groups excluding tert-OH is 1. The summed E-state index contributed by atoms with van der Waals surface area (Å²) in [6, 6.07) is 11.2. The van der Waals surface area contributed by atoms with Gasteiger partial charge in [-0.3, -0.25) is 0 Å². The molecule has 22 heavy (non-hydrogen) atoms. The van der Waals surface area contributed by atoms with E-state index >= 15 is 0 Å². The van der Waals surface area contributed by atoms with Gasteiger partial charge in [0.15, 0.2) is 0 Å². The number of carbonyl (C=O) groups is 2. The van der Waals surface area contributed by atoms with Crippen molar-refractivity contribution in [2.24, 2.45) is 0 Å². The zero-order chi connectivity index (χ0) is 16.1. The first-order valence-corrected chi connectivity index (χ1v) is 6.83. The van der Waals surface area contributed by atoms with Crippen LogP contribution in [-0.2, 0) is 6.42 Å². The Bertz CT molecular complexity index is 689. The number of hydrogen-bond donors (Lipinski definition) is 3. The van der Waals surface area contributed by atoms with Crippen molar-refractivity contribution < 1.29 is 24.9 Å². The van der Waals surface area contributed by atoms with Crippen LogP contribution in [-0.4, -0.2) is 33.9 Å². The van der Waals surface area contributed by atoms with E-state index in [2.05, 4.69) is 0 Å². The summed E-state index contributed by atoms with van der Waals surface area (Å²) < 4.78 is 0. The van der Waals surface area contributed by atoms with Crippen molar-refractivity contribution in [1.82, 2.24) is 0 Å². The molecule has 2 aromatic carbocycles. The largest absolute Gasteiger partial charge is 0.478 e. The maximum absolute atomic E-state index is 11.1. The number of carboxylic acids is 2. The standard InChI is InChI=1S/C17H16O5/c18-9-1-2-13-10-14(17(21)22)7-8-15(13)11-3-5-12(6-4-11)16(19)20/h3-8,10,18H,1-2,9H2,(H,19,20)(H,21,22). The SMILES string of the molecule is O=C(O)c1ccc(-c2ccc(C(=O)O)cc2CCCO)cc1. The van der Waals surface area contributed by atoms with Gasteiger partial charge in [0.2, 0.25) is 0 Å². The average Bonchev–Trinajstić information content (AvgIpc) is 2.52. The summed E-state index contributed by atoms with van der Waals surface area (Å²) in [4.78, 5) is 22.0. The molecule has 0 radical (unpaired) electrons. The quantitative estimate of drug-likeness (QED) is 0.762. The molecule has 2 aromatic rings. The third-order valence-corrected chi connectivity index (χ3v) is 3.40. The molecule has 0 saturated heterocycles. The molecule has 0 aliphatic heterocycles. The highest BCUT2D eigenvalue weighted by Crippen LogP contribution is 2.26. The summed E-state index contributed by atoms with van der Waals surface area (Å²) in [7, 11) is 0. The van der Waals surface area contributed by atoms with Gasteiger partial charge in [0.05, 0.1) is 11.1 Å². The molecule has 5 heteroatoms. The second-order valence-corrected chi connectivity index (χ2v) is 4.89. The van der Waals surface area contributed by atoms with Gasteiger partial charge in [0, 0.05) is 6.61 Å². The zero-order valence-electron chi connectivity index (χ0n) is 11.8. The first-order valence-electron chi connectivity index (χ1n) is 6.83. The van der Waals surface area contributed by atoms with Crippen molar-refractivity contribution in [3.05, 3.63) is 59.2 Å². The van der Waals surface area contributed by atoms with Gasteiger partial charge in [0.1, 0.15) is 0 Å². The van der Waals surface area contributed by atoms with E-state index in [1.165, 1.54) is 18.2 Å². The molecular formula is C17H16O5. The van der Waals surface area contributed by atoms with Crippen molar-refractivity contribution >= 4 is 11.9 Å². The molecule has 0 amide bonds. The first-order chi connectivity index (χ1) is 10.5. The Morgan fingerprint density at radius 3 is 2.00 bits per heavy atom. The predicted molar refractivity (Wildman–Crippen MR) is 81.2 cm³/mol. The van der Waals surface area contributed by atoms with Gasteiger partial charge in [-0.05, 0) is 53.8 Å². The number of benzene rings is 2. The molecule has 0 spiro atoms. The van der Waals surface area contributed by atoms with E-state index in [0.717, 1.165) is 16.7 Å². The van der Waals surface area contributed by atoms with E-state index in [0.29, 0.717) is 12.8 Å². The Morgan fingerprint density at radius 2 is 1.45 bits per heavy atom. The smallest absolute Gasteiger partial charge is 0.335 e. The zero-order valence-corrected chi connectivity index (χ0v) is 11.8. The molecule has 5 nitrogen and oxygen atoms in total. The van der Waals surface area contributed by atoms with E-state index in [1.807, 2.05) is 0 Å². The van der Waals surface area contributed by atoms with Crippen molar-refractivity contribution in [1.29, 1.82) is 0 Å². The molecule has 0 heterocycles. The Labute approximate surface area is 127 Å². The van der Waals surface area contributed by atoms with Crippen LogP contribution in [0.15, 0.2) is 42.5 Å². The van der Waals surface area contributed by atoms with Crippen LogP contribution >= 0.6 is 0 Å². The van der Waals surface area contributed by atoms with Gasteiger partial charge < -0.3 is 15.3 Å². The van der Waals surface area contributed by atoms with Crippen molar-refractivity contribution in [2.75, 3.05) is 6.61 Å². The second kappa shape index (κ2) is 6.87. The fourth-order valence-corrected chi connectivity index (χ4v) is 2.28. The lowest BCUT2D eigenvalue weighted by molar-refractivity contribution is 0.0686. The summed E-state index contributed by atoms with van der Waals surface area (Å²) in [5, 5.41) is 27.0. The molecule has 2 rings (SSSR count). The van der Waals surface area contributed by atoms with E-state index in [9.17, 15) is 9.59 Å². The Morgan fingerprint density at radius 1 is 0.864 bits per heavy atom. The van der Waals surface area contributed by atoms with Crippen LogP contribution in [0, 0.1) is 0 Å². The molecule has 0 aliphatic rings. The monoisotopic (exact) mass is 300 g/mol. The van der Waals surface area contributed by atoms with Crippen molar-refractivity contribution in [2.45, 2.75) is 12.8 Å². The summed E-state index contributed by atoms with van der Waals surface area (Å²) in [5.74, 6) is -1.99. The lowest BCUT2D eigenvalue weighted by Crippen LogP contribution is -2.01. The highest BCUT2D eigenvalue weighted by molar-refractivity contribution is 5.90. The summed E-state index contributed by atoms with van der Waals surface area (Å²) >= 11 is 0. The topological polar surface area (TPSA) is 94.8 Å². The average molecular weight is 300 g/mol.